The van der Waals surface area contributed by atoms with E-state index in [4.69, 9.17) is 10.00 Å². The quantitative estimate of drug-likeness (QED) is 0.637. The van der Waals surface area contributed by atoms with E-state index in [0.29, 0.717) is 5.56 Å². The summed E-state index contributed by atoms with van der Waals surface area (Å²) in [6.45, 7) is 1.59. The number of esters is 1. The Balaban J connectivity index is 2.36. The molecule has 0 aliphatic carbocycles. The van der Waals surface area contributed by atoms with Crippen LogP contribution in [-0.4, -0.2) is 18.4 Å². The monoisotopic (exact) mass is 279 g/mol. The Morgan fingerprint density at radius 2 is 1.67 bits per heavy atom. The van der Waals surface area contributed by atoms with Gasteiger partial charge in [0.1, 0.15) is 6.07 Å². The van der Waals surface area contributed by atoms with Crippen molar-refractivity contribution in [2.75, 3.05) is 6.61 Å². The summed E-state index contributed by atoms with van der Waals surface area (Å²) in [5.41, 5.74) is 1.98. The van der Waals surface area contributed by atoms with Gasteiger partial charge in [0.2, 0.25) is 0 Å². The average Bonchev–Trinajstić information content (AvgIpc) is 2.52. The van der Waals surface area contributed by atoms with E-state index in [2.05, 4.69) is 0 Å². The molecule has 0 spiro atoms. The standard InChI is InChI=1S/C17H13NO3/c1-12-6-8-13(9-7-12)16(19)14-4-2-3-5-15(14)17(20)21-11-10-18/h2-9H,11H2,1H3. The van der Waals surface area contributed by atoms with Crippen LogP contribution in [0.3, 0.4) is 0 Å². The van der Waals surface area contributed by atoms with Crippen molar-refractivity contribution in [2.45, 2.75) is 6.92 Å². The highest BCUT2D eigenvalue weighted by Gasteiger charge is 2.18. The SMILES string of the molecule is Cc1ccc(C(=O)c2ccccc2C(=O)OCC#N)cc1. The van der Waals surface area contributed by atoms with E-state index in [0.717, 1.165) is 5.56 Å². The Hall–Kier alpha value is -2.93. The molecule has 2 aromatic carbocycles. The van der Waals surface area contributed by atoms with Crippen molar-refractivity contribution in [3.8, 4) is 6.07 Å². The highest BCUT2D eigenvalue weighted by molar-refractivity contribution is 6.14. The lowest BCUT2D eigenvalue weighted by Crippen LogP contribution is -2.12. The van der Waals surface area contributed by atoms with Gasteiger partial charge < -0.3 is 4.74 Å². The molecule has 2 aromatic rings. The van der Waals surface area contributed by atoms with E-state index in [1.54, 1.807) is 36.4 Å². The fourth-order valence-corrected chi connectivity index (χ4v) is 1.90. The molecule has 0 fully saturated rings. The molecule has 2 rings (SSSR count). The maximum atomic E-state index is 12.5. The zero-order chi connectivity index (χ0) is 15.2. The van der Waals surface area contributed by atoms with Gasteiger partial charge in [-0.2, -0.15) is 5.26 Å². The number of rotatable bonds is 4. The van der Waals surface area contributed by atoms with Crippen LogP contribution in [0, 0.1) is 18.3 Å². The molecule has 0 amide bonds. The minimum atomic E-state index is -0.674. The normalized spacial score (nSPS) is 9.71. The lowest BCUT2D eigenvalue weighted by atomic mass is 9.98. The molecule has 104 valence electrons. The number of ketones is 1. The van der Waals surface area contributed by atoms with Gasteiger partial charge in [0.25, 0.3) is 0 Å². The number of benzene rings is 2. The first-order valence-electron chi connectivity index (χ1n) is 6.38. The number of aryl methyl sites for hydroxylation is 1. The van der Waals surface area contributed by atoms with E-state index in [1.807, 2.05) is 19.1 Å². The topological polar surface area (TPSA) is 67.2 Å². The fraction of sp³-hybridized carbons (Fsp3) is 0.118. The van der Waals surface area contributed by atoms with Gasteiger partial charge in [-0.05, 0) is 13.0 Å². The van der Waals surface area contributed by atoms with Crippen LogP contribution in [0.25, 0.3) is 0 Å². The summed E-state index contributed by atoms with van der Waals surface area (Å²) in [6.07, 6.45) is 0. The first-order chi connectivity index (χ1) is 10.1. The second-order valence-electron chi connectivity index (χ2n) is 4.47. The molecule has 21 heavy (non-hydrogen) atoms. The summed E-state index contributed by atoms with van der Waals surface area (Å²) in [5, 5.41) is 8.45. The van der Waals surface area contributed by atoms with Gasteiger partial charge in [0.05, 0.1) is 5.56 Å². The minimum absolute atomic E-state index is 0.165. The molecule has 0 aromatic heterocycles. The van der Waals surface area contributed by atoms with Crippen LogP contribution >= 0.6 is 0 Å². The first kappa shape index (κ1) is 14.5. The minimum Gasteiger partial charge on any atom is -0.447 e. The number of nitriles is 1. The summed E-state index contributed by atoms with van der Waals surface area (Å²) < 4.78 is 4.77. The van der Waals surface area contributed by atoms with E-state index in [1.165, 1.54) is 6.07 Å². The van der Waals surface area contributed by atoms with Crippen LogP contribution in [-0.2, 0) is 4.74 Å². The van der Waals surface area contributed by atoms with Gasteiger partial charge in [-0.25, -0.2) is 4.79 Å². The zero-order valence-corrected chi connectivity index (χ0v) is 11.5. The third-order valence-electron chi connectivity index (χ3n) is 2.97. The van der Waals surface area contributed by atoms with Crippen LogP contribution in [0.4, 0.5) is 0 Å². The molecule has 0 heterocycles. The van der Waals surface area contributed by atoms with Crippen molar-refractivity contribution in [1.82, 2.24) is 0 Å². The molecule has 4 nitrogen and oxygen atoms in total. The number of hydrogen-bond acceptors (Lipinski definition) is 4. The second-order valence-corrected chi connectivity index (χ2v) is 4.47. The van der Waals surface area contributed by atoms with Crippen molar-refractivity contribution in [2.24, 2.45) is 0 Å². The van der Waals surface area contributed by atoms with Gasteiger partial charge in [-0.1, -0.05) is 48.0 Å². The first-order valence-corrected chi connectivity index (χ1v) is 6.38. The van der Waals surface area contributed by atoms with E-state index < -0.39 is 5.97 Å². The molecule has 0 atom stereocenters. The number of nitrogens with zero attached hydrogens (tertiary/aromatic N) is 1. The predicted molar refractivity (Wildman–Crippen MR) is 76.9 cm³/mol. The van der Waals surface area contributed by atoms with Gasteiger partial charge in [-0.15, -0.1) is 0 Å². The lowest BCUT2D eigenvalue weighted by Gasteiger charge is -2.07. The molecule has 0 aliphatic rings. The summed E-state index contributed by atoms with van der Waals surface area (Å²) >= 11 is 0. The Bertz CT molecular complexity index is 712. The van der Waals surface area contributed by atoms with Crippen molar-refractivity contribution in [3.63, 3.8) is 0 Å². The summed E-state index contributed by atoms with van der Waals surface area (Å²) in [4.78, 5) is 24.4. The van der Waals surface area contributed by atoms with E-state index in [9.17, 15) is 9.59 Å². The molecule has 0 radical (unpaired) electrons. The molecular weight excluding hydrogens is 266 g/mol. The molecule has 0 saturated carbocycles. The Labute approximate surface area is 122 Å². The Kier molecular flexibility index (Phi) is 4.47. The van der Waals surface area contributed by atoms with Crippen LogP contribution in [0.5, 0.6) is 0 Å². The third kappa shape index (κ3) is 3.34. The molecule has 0 unspecified atom stereocenters. The Morgan fingerprint density at radius 1 is 1.05 bits per heavy atom. The molecule has 4 heteroatoms. The van der Waals surface area contributed by atoms with Gasteiger partial charge >= 0.3 is 5.97 Å². The van der Waals surface area contributed by atoms with Crippen molar-refractivity contribution >= 4 is 11.8 Å². The number of carbonyl (C=O) groups excluding carboxylic acids is 2. The maximum absolute atomic E-state index is 12.5. The zero-order valence-electron chi connectivity index (χ0n) is 11.5. The highest BCUT2D eigenvalue weighted by Crippen LogP contribution is 2.16. The lowest BCUT2D eigenvalue weighted by molar-refractivity contribution is 0.0552. The van der Waals surface area contributed by atoms with Crippen molar-refractivity contribution in [1.29, 1.82) is 5.26 Å². The molecule has 0 N–H and O–H groups in total. The largest absolute Gasteiger partial charge is 0.447 e. The summed E-state index contributed by atoms with van der Waals surface area (Å²) in [7, 11) is 0. The number of hydrogen-bond donors (Lipinski definition) is 0. The van der Waals surface area contributed by atoms with Gasteiger partial charge in [-0.3, -0.25) is 4.79 Å². The van der Waals surface area contributed by atoms with Crippen LogP contribution < -0.4 is 0 Å². The summed E-state index contributed by atoms with van der Waals surface area (Å²) in [6, 6.07) is 15.3. The molecule has 0 aliphatic heterocycles. The van der Waals surface area contributed by atoms with Crippen molar-refractivity contribution < 1.29 is 14.3 Å². The average molecular weight is 279 g/mol. The molecular formula is C17H13NO3. The maximum Gasteiger partial charge on any atom is 0.339 e. The van der Waals surface area contributed by atoms with E-state index in [-0.39, 0.29) is 23.5 Å². The third-order valence-corrected chi connectivity index (χ3v) is 2.97. The highest BCUT2D eigenvalue weighted by atomic mass is 16.5. The fourth-order valence-electron chi connectivity index (χ4n) is 1.90. The smallest absolute Gasteiger partial charge is 0.339 e. The number of carbonyl (C=O) groups is 2. The van der Waals surface area contributed by atoms with Gasteiger partial charge in [0, 0.05) is 11.1 Å². The molecule has 0 saturated heterocycles. The molecule has 0 bridgehead atoms. The number of ether oxygens (including phenoxy) is 1. The van der Waals surface area contributed by atoms with E-state index >= 15 is 0 Å². The van der Waals surface area contributed by atoms with Crippen molar-refractivity contribution in [3.05, 3.63) is 70.8 Å². The predicted octanol–water partition coefficient (Wildman–Crippen LogP) is 2.91. The van der Waals surface area contributed by atoms with Gasteiger partial charge in [0.15, 0.2) is 12.4 Å². The Morgan fingerprint density at radius 3 is 2.29 bits per heavy atom. The second kappa shape index (κ2) is 6.49. The van der Waals surface area contributed by atoms with Crippen LogP contribution in [0.15, 0.2) is 48.5 Å². The van der Waals surface area contributed by atoms with Crippen LogP contribution in [0.2, 0.25) is 0 Å². The van der Waals surface area contributed by atoms with Crippen LogP contribution in [0.1, 0.15) is 31.8 Å². The summed E-state index contributed by atoms with van der Waals surface area (Å²) in [5.74, 6) is -0.924.